The Morgan fingerprint density at radius 2 is 0.915 bits per heavy atom. The molecule has 0 saturated heterocycles. The number of likely N-dealkylation sites (N-methyl/N-ethyl adjacent to an activating group) is 1. The molecule has 0 rings (SSSR count). The predicted octanol–water partition coefficient (Wildman–Crippen LogP) is 17.2. The van der Waals surface area contributed by atoms with E-state index < -0.39 is 20.0 Å². The lowest BCUT2D eigenvalue weighted by molar-refractivity contribution is -0.870. The number of nitrogens with zero attached hydrogens (tertiary/aromatic N) is 1. The summed E-state index contributed by atoms with van der Waals surface area (Å²) < 4.78 is 30.6. The highest BCUT2D eigenvalue weighted by Gasteiger charge is 2.30. The molecule has 0 aromatic heterocycles. The van der Waals surface area contributed by atoms with Gasteiger partial charge in [-0.25, -0.2) is 4.57 Å². The molecule has 0 bridgehead atoms. The van der Waals surface area contributed by atoms with E-state index in [1.165, 1.54) is 109 Å². The van der Waals surface area contributed by atoms with E-state index in [1.807, 2.05) is 94.1 Å². The molecule has 0 aromatic carbocycles. The molecule has 2 N–H and O–H groups in total. The Hall–Kier alpha value is -3.07. The molecule has 1 amide bonds. The highest BCUT2D eigenvalue weighted by Crippen LogP contribution is 2.43. The number of esters is 1. The van der Waals surface area contributed by atoms with Crippen molar-refractivity contribution in [2.24, 2.45) is 0 Å². The van der Waals surface area contributed by atoms with Crippen molar-refractivity contribution in [3.63, 3.8) is 0 Å². The Morgan fingerprint density at radius 3 is 1.41 bits per heavy atom. The van der Waals surface area contributed by atoms with Gasteiger partial charge in [0.05, 0.1) is 33.8 Å². The summed E-state index contributed by atoms with van der Waals surface area (Å²) in [5, 5.41) is 3.03. The minimum Gasteiger partial charge on any atom is -0.456 e. The maximum atomic E-state index is 13.5. The molecular formula is C61H108N2O7P+. The fourth-order valence-corrected chi connectivity index (χ4v) is 8.47. The average Bonchev–Trinajstić information content (AvgIpc) is 3.33. The molecule has 3 atom stereocenters. The number of rotatable bonds is 50. The number of phosphoric ester groups is 1. The van der Waals surface area contributed by atoms with Crippen LogP contribution in [0.15, 0.2) is 97.2 Å². The van der Waals surface area contributed by atoms with Gasteiger partial charge in [-0.05, 0) is 76.7 Å². The van der Waals surface area contributed by atoms with Crippen LogP contribution in [0.4, 0.5) is 0 Å². The zero-order valence-electron chi connectivity index (χ0n) is 46.4. The lowest BCUT2D eigenvalue weighted by atomic mass is 10.1. The summed E-state index contributed by atoms with van der Waals surface area (Å²) in [5.74, 6) is -0.567. The number of hydrogen-bond donors (Lipinski definition) is 2. The summed E-state index contributed by atoms with van der Waals surface area (Å²) in [5.41, 5.74) is 0. The fraction of sp³-hybridized carbons (Fsp3) is 0.705. The zero-order valence-corrected chi connectivity index (χ0v) is 47.3. The molecule has 0 heterocycles. The number of amides is 1. The van der Waals surface area contributed by atoms with Crippen LogP contribution in [0.5, 0.6) is 0 Å². The topological polar surface area (TPSA) is 111 Å². The minimum atomic E-state index is -4.46. The highest BCUT2D eigenvalue weighted by atomic mass is 31.2. The zero-order chi connectivity index (χ0) is 52.2. The van der Waals surface area contributed by atoms with E-state index in [0.29, 0.717) is 23.9 Å². The fourth-order valence-electron chi connectivity index (χ4n) is 7.73. The van der Waals surface area contributed by atoms with Crippen LogP contribution >= 0.6 is 7.82 Å². The number of allylic oxidation sites excluding steroid dienone is 15. The maximum Gasteiger partial charge on any atom is 0.472 e. The van der Waals surface area contributed by atoms with Crippen LogP contribution in [0, 0.1) is 0 Å². The summed E-state index contributed by atoms with van der Waals surface area (Å²) in [4.78, 5) is 37.6. The molecule has 0 fully saturated rings. The van der Waals surface area contributed by atoms with Crippen LogP contribution in [0.25, 0.3) is 0 Å². The van der Waals surface area contributed by atoms with Crippen molar-refractivity contribution in [3.8, 4) is 0 Å². The minimum absolute atomic E-state index is 0.0271. The van der Waals surface area contributed by atoms with Crippen LogP contribution in [0.1, 0.15) is 226 Å². The van der Waals surface area contributed by atoms with Crippen molar-refractivity contribution in [1.82, 2.24) is 5.32 Å². The molecule has 0 spiro atoms. The number of hydrogen-bond acceptors (Lipinski definition) is 6. The molecule has 71 heavy (non-hydrogen) atoms. The molecule has 10 heteroatoms. The number of carbonyl (C=O) groups excluding carboxylic acids is 2. The largest absolute Gasteiger partial charge is 0.472 e. The van der Waals surface area contributed by atoms with Gasteiger partial charge in [0.1, 0.15) is 19.3 Å². The lowest BCUT2D eigenvalue weighted by Gasteiger charge is -2.27. The Morgan fingerprint density at radius 1 is 0.507 bits per heavy atom. The quantitative estimate of drug-likeness (QED) is 0.0156. The molecule has 0 aliphatic carbocycles. The van der Waals surface area contributed by atoms with Gasteiger partial charge in [0.25, 0.3) is 0 Å². The molecule has 3 unspecified atom stereocenters. The van der Waals surface area contributed by atoms with Gasteiger partial charge in [0.2, 0.25) is 5.91 Å². The number of ether oxygens (including phenoxy) is 1. The SMILES string of the molecule is CC\C=C/C=C/C=C/C=C\C=C\C=C\CCCCCC(=O)OC(/C=C/CCCCCCCCCCC)C(COP(=O)(O)OCC[N+](C)(C)C)NC(=O)CCCCCCCCC/C=C/CCCCCCCC. The molecule has 0 aromatic rings. The summed E-state index contributed by atoms with van der Waals surface area (Å²) >= 11 is 0. The van der Waals surface area contributed by atoms with E-state index >= 15 is 0 Å². The Labute approximate surface area is 437 Å². The van der Waals surface area contributed by atoms with Crippen molar-refractivity contribution in [1.29, 1.82) is 0 Å². The number of nitrogens with one attached hydrogen (secondary N) is 1. The van der Waals surface area contributed by atoms with Gasteiger partial charge < -0.3 is 19.4 Å². The van der Waals surface area contributed by atoms with Crippen molar-refractivity contribution in [2.75, 3.05) is 40.9 Å². The summed E-state index contributed by atoms with van der Waals surface area (Å²) in [6.07, 6.45) is 66.8. The maximum absolute atomic E-state index is 13.5. The van der Waals surface area contributed by atoms with Crippen molar-refractivity contribution >= 4 is 19.7 Å². The predicted molar refractivity (Wildman–Crippen MR) is 304 cm³/mol. The van der Waals surface area contributed by atoms with Gasteiger partial charge in [0.15, 0.2) is 0 Å². The van der Waals surface area contributed by atoms with E-state index in [0.717, 1.165) is 77.0 Å². The third kappa shape index (κ3) is 51.6. The third-order valence-electron chi connectivity index (χ3n) is 12.2. The monoisotopic (exact) mass is 1010 g/mol. The first-order valence-electron chi connectivity index (χ1n) is 28.6. The smallest absolute Gasteiger partial charge is 0.456 e. The second-order valence-electron chi connectivity index (χ2n) is 20.2. The molecule has 0 radical (unpaired) electrons. The van der Waals surface area contributed by atoms with Gasteiger partial charge >= 0.3 is 13.8 Å². The number of carbonyl (C=O) groups is 2. The molecule has 9 nitrogen and oxygen atoms in total. The standard InChI is InChI=1S/C61H107N2O7P/c1-7-10-13-16-19-22-25-27-29-31-33-35-38-41-44-47-50-53-60(64)62-58(57-69-71(66,67)68-56-55-63(4,5)6)59(52-49-46-43-40-37-24-21-18-15-12-9-3)70-61(65)54-51-48-45-42-39-36-34-32-30-28-26-23-20-17-14-11-8-2/h11,14,17,20,23,26-30,32,34,36,39,49,52,58-59H,7-10,12-13,15-16,18-19,21-22,24-25,31,33,35,37-38,40-48,50-51,53-57H2,1-6H3,(H-,62,64,66,67)/p+1/b14-11-,20-17+,26-23+,29-27+,30-28-,34-32+,39-36+,52-49+. The molecule has 0 aliphatic rings. The normalized spacial score (nSPS) is 14.5. The van der Waals surface area contributed by atoms with Crippen molar-refractivity contribution in [2.45, 2.75) is 238 Å². The van der Waals surface area contributed by atoms with E-state index in [4.69, 9.17) is 13.8 Å². The summed E-state index contributed by atoms with van der Waals surface area (Å²) in [6.45, 7) is 6.81. The van der Waals surface area contributed by atoms with E-state index in [1.54, 1.807) is 0 Å². The lowest BCUT2D eigenvalue weighted by Crippen LogP contribution is -2.47. The highest BCUT2D eigenvalue weighted by molar-refractivity contribution is 7.47. The van der Waals surface area contributed by atoms with Crippen LogP contribution in [0.2, 0.25) is 0 Å². The first-order chi connectivity index (χ1) is 34.4. The second kappa shape index (κ2) is 50.5. The van der Waals surface area contributed by atoms with Gasteiger partial charge in [0, 0.05) is 12.8 Å². The van der Waals surface area contributed by atoms with Gasteiger partial charge in [-0.3, -0.25) is 18.6 Å². The third-order valence-corrected chi connectivity index (χ3v) is 13.2. The van der Waals surface area contributed by atoms with E-state index in [9.17, 15) is 19.0 Å². The van der Waals surface area contributed by atoms with Crippen molar-refractivity contribution < 1.29 is 37.3 Å². The summed E-state index contributed by atoms with van der Waals surface area (Å²) in [6, 6.07) is -0.873. The van der Waals surface area contributed by atoms with E-state index in [2.05, 4.69) is 50.4 Å². The second-order valence-corrected chi connectivity index (χ2v) is 21.7. The number of unbranched alkanes of at least 4 members (excludes halogenated alkanes) is 25. The van der Waals surface area contributed by atoms with Crippen molar-refractivity contribution in [3.05, 3.63) is 97.2 Å². The van der Waals surface area contributed by atoms with Gasteiger partial charge in [-0.15, -0.1) is 0 Å². The molecule has 408 valence electrons. The van der Waals surface area contributed by atoms with E-state index in [-0.39, 0.29) is 31.5 Å². The Kier molecular flexibility index (Phi) is 48.3. The Bertz CT molecular complexity index is 1540. The Balaban J connectivity index is 5.42. The first kappa shape index (κ1) is 67.9. The molecule has 0 saturated carbocycles. The number of phosphoric acid groups is 1. The first-order valence-corrected chi connectivity index (χ1v) is 30.1. The average molecular weight is 1010 g/mol. The van der Waals surface area contributed by atoms with Gasteiger partial charge in [-0.1, -0.05) is 234 Å². The van der Waals surface area contributed by atoms with Crippen LogP contribution in [-0.2, 0) is 27.9 Å². The van der Waals surface area contributed by atoms with Crippen LogP contribution in [0.3, 0.4) is 0 Å². The molecule has 0 aliphatic heterocycles. The van der Waals surface area contributed by atoms with Crippen LogP contribution in [-0.4, -0.2) is 74.3 Å². The summed E-state index contributed by atoms with van der Waals surface area (Å²) in [7, 11) is 1.45. The molecular weight excluding hydrogens is 904 g/mol. The number of quaternary nitrogens is 1. The van der Waals surface area contributed by atoms with Crippen LogP contribution < -0.4 is 5.32 Å². The van der Waals surface area contributed by atoms with Gasteiger partial charge in [-0.2, -0.15) is 0 Å².